The van der Waals surface area contributed by atoms with E-state index in [1.807, 2.05) is 122 Å². The summed E-state index contributed by atoms with van der Waals surface area (Å²) in [4.78, 5) is 31.8. The molecule has 468 valence electrons. The van der Waals surface area contributed by atoms with Gasteiger partial charge in [-0.25, -0.2) is 0 Å². The number of anilines is 4. The molecule has 10 rings (SSSR count). The molecule has 0 bridgehead atoms. The first kappa shape index (κ1) is 71.6. The molecule has 0 saturated carbocycles. The van der Waals surface area contributed by atoms with Crippen molar-refractivity contribution < 1.29 is 0 Å². The Hall–Kier alpha value is -7.88. The third-order valence-electron chi connectivity index (χ3n) is 13.7. The Morgan fingerprint density at radius 2 is 0.563 bits per heavy atom. The highest BCUT2D eigenvalue weighted by atomic mass is 15.1. The number of piperidine rings is 2. The lowest BCUT2D eigenvalue weighted by Crippen LogP contribution is -2.42. The first-order valence-electron chi connectivity index (χ1n) is 30.4. The Bertz CT molecular complexity index is 2450. The third-order valence-corrected chi connectivity index (χ3v) is 13.7. The van der Waals surface area contributed by atoms with Gasteiger partial charge in [-0.1, -0.05) is 14.9 Å². The Labute approximate surface area is 520 Å². The van der Waals surface area contributed by atoms with Gasteiger partial charge in [0.05, 0.1) is 0 Å². The summed E-state index contributed by atoms with van der Waals surface area (Å²) < 4.78 is 0. The van der Waals surface area contributed by atoms with Crippen LogP contribution in [0.15, 0.2) is 196 Å². The molecule has 2 saturated heterocycles. The van der Waals surface area contributed by atoms with Crippen molar-refractivity contribution in [2.45, 2.75) is 104 Å². The van der Waals surface area contributed by atoms with E-state index in [0.29, 0.717) is 0 Å². The van der Waals surface area contributed by atoms with E-state index in [9.17, 15) is 0 Å². The number of unbranched alkanes of at least 4 members (excludes halogenated alkanes) is 1. The van der Waals surface area contributed by atoms with Crippen LogP contribution in [-0.4, -0.2) is 131 Å². The smallest absolute Gasteiger partial charge is 0.0459 e. The molecule has 19 nitrogen and oxygen atoms in total. The van der Waals surface area contributed by atoms with Crippen molar-refractivity contribution in [1.82, 2.24) is 77.1 Å². The molecule has 2 fully saturated rings. The zero-order valence-electron chi connectivity index (χ0n) is 49.7. The highest BCUT2D eigenvalue weighted by molar-refractivity contribution is 5.43. The maximum absolute atomic E-state index is 3.99. The van der Waals surface area contributed by atoms with E-state index in [-0.39, 0.29) is 14.9 Å². The quantitative estimate of drug-likeness (QED) is 0.0149. The summed E-state index contributed by atoms with van der Waals surface area (Å²) >= 11 is 0. The van der Waals surface area contributed by atoms with Crippen molar-refractivity contribution in [3.8, 4) is 0 Å². The molecule has 0 atom stereocenters. The highest BCUT2D eigenvalue weighted by Gasteiger charge is 2.13. The number of nitrogens with one attached hydrogen (secondary N) is 11. The Morgan fingerprint density at radius 1 is 0.299 bits per heavy atom. The molecule has 0 spiro atoms. The summed E-state index contributed by atoms with van der Waals surface area (Å²) in [5, 5.41) is 37.6. The molecular weight excluding hydrogens is 1080 g/mol. The van der Waals surface area contributed by atoms with Gasteiger partial charge < -0.3 is 58.5 Å². The largest absolute Gasteiger partial charge is 0.385 e. The van der Waals surface area contributed by atoms with E-state index < -0.39 is 0 Å². The molecule has 0 unspecified atom stereocenters. The number of aromatic nitrogens is 8. The van der Waals surface area contributed by atoms with Gasteiger partial charge in [-0.2, -0.15) is 0 Å². The van der Waals surface area contributed by atoms with Crippen LogP contribution in [-0.2, 0) is 26.1 Å². The van der Waals surface area contributed by atoms with Crippen molar-refractivity contribution in [1.29, 1.82) is 0 Å². The maximum atomic E-state index is 3.99. The topological polar surface area (TPSA) is 235 Å². The standard InChI is InChI=1S/C14H18N4.C13H28N4.2C13H16N4.C13H15N3.2CH4/c1(7-17-13-3-9-15-10-4-13)2-8-18-14-5-11-16-12-6-14;2*1(6-16-12-2-8-14-9-3-12)7-17-13-4-10-15-11-5-13;1-5-14-6-2-12(1)9-16-11-17-10-13-3-7-15-8-4-13;1-6-14-7-2-12(1)3-10-16-11-13-4-8-15-9-5-13;;/h3-6,9-12H,1-2,7-8H2,(H,15,17)(H,16,18);12-17H,1-11H2;2-5,8-11H,1,6-7H2,(H,14,16)(H,15,17);1-8,16-17H,9-11H2;1-2,4-9,16H,3,10-11H2;2*1H4. The average molecular weight is 1180 g/mol. The average Bonchev–Trinajstić information content (AvgIpc) is 3.58. The Kier molecular flexibility index (Phi) is 40.5. The number of pyridine rings is 8. The molecule has 87 heavy (non-hydrogen) atoms. The zero-order chi connectivity index (χ0) is 58.8. The number of hydrogen-bond acceptors (Lipinski definition) is 19. The molecule has 19 heteroatoms. The molecule has 0 aromatic carbocycles. The Morgan fingerprint density at radius 3 is 0.885 bits per heavy atom. The monoisotopic (exact) mass is 1180 g/mol. The summed E-state index contributed by atoms with van der Waals surface area (Å²) in [6.07, 6.45) is 39.7. The van der Waals surface area contributed by atoms with Crippen molar-refractivity contribution in [2.75, 3.05) is 99.9 Å². The lowest BCUT2D eigenvalue weighted by atomic mass is 10.1. The lowest BCUT2D eigenvalue weighted by Gasteiger charge is -2.25. The number of rotatable bonds is 30. The van der Waals surface area contributed by atoms with Crippen LogP contribution in [0.5, 0.6) is 0 Å². The molecular formula is C68H101N19. The second-order valence-electron chi connectivity index (χ2n) is 20.4. The second kappa shape index (κ2) is 49.3. The zero-order valence-corrected chi connectivity index (χ0v) is 49.7. The van der Waals surface area contributed by atoms with Crippen LogP contribution in [0.4, 0.5) is 22.7 Å². The Balaban J connectivity index is 0.000000232. The van der Waals surface area contributed by atoms with Crippen LogP contribution < -0.4 is 58.5 Å². The first-order valence-corrected chi connectivity index (χ1v) is 30.4. The van der Waals surface area contributed by atoms with E-state index in [2.05, 4.69) is 98.4 Å². The SMILES string of the molecule is C.C.C(CNC1CCNCC1)CNC1CCNCC1.c1cc(CCNCc2ccncc2)ccn1.c1cc(CNCNCc2ccncc2)ccn1.c1cc(NCCCCNc2ccncc2)ccn1.c1cc(NCCCNc2ccncc2)ccn1. The van der Waals surface area contributed by atoms with E-state index in [1.54, 1.807) is 74.4 Å². The second-order valence-corrected chi connectivity index (χ2v) is 20.4. The molecule has 0 aliphatic carbocycles. The molecule has 8 aromatic heterocycles. The van der Waals surface area contributed by atoms with Gasteiger partial charge in [0, 0.05) is 186 Å². The van der Waals surface area contributed by atoms with Crippen LogP contribution >= 0.6 is 0 Å². The van der Waals surface area contributed by atoms with Gasteiger partial charge in [0.2, 0.25) is 0 Å². The van der Waals surface area contributed by atoms with Crippen molar-refractivity contribution in [2.24, 2.45) is 0 Å². The van der Waals surface area contributed by atoms with Crippen molar-refractivity contribution in [3.63, 3.8) is 0 Å². The molecule has 2 aliphatic heterocycles. The number of hydrogen-bond donors (Lipinski definition) is 11. The fourth-order valence-electron chi connectivity index (χ4n) is 8.92. The lowest BCUT2D eigenvalue weighted by molar-refractivity contribution is 0.366. The highest BCUT2D eigenvalue weighted by Crippen LogP contribution is 2.08. The fourth-order valence-corrected chi connectivity index (χ4v) is 8.92. The molecule has 11 N–H and O–H groups in total. The normalized spacial score (nSPS) is 12.6. The summed E-state index contributed by atoms with van der Waals surface area (Å²) in [6.45, 7) is 15.3. The minimum atomic E-state index is 0. The van der Waals surface area contributed by atoms with Crippen LogP contribution in [0.1, 0.15) is 88.5 Å². The van der Waals surface area contributed by atoms with Gasteiger partial charge in [-0.15, -0.1) is 0 Å². The van der Waals surface area contributed by atoms with Crippen LogP contribution in [0.25, 0.3) is 0 Å². The van der Waals surface area contributed by atoms with Crippen LogP contribution in [0.3, 0.4) is 0 Å². The number of nitrogens with zero attached hydrogens (tertiary/aromatic N) is 8. The van der Waals surface area contributed by atoms with Gasteiger partial charge in [-0.05, 0) is 223 Å². The van der Waals surface area contributed by atoms with Crippen LogP contribution in [0, 0.1) is 0 Å². The van der Waals surface area contributed by atoms with Crippen LogP contribution in [0.2, 0.25) is 0 Å². The summed E-state index contributed by atoms with van der Waals surface area (Å²) in [5.74, 6) is 0. The van der Waals surface area contributed by atoms with Gasteiger partial charge in [0.25, 0.3) is 0 Å². The van der Waals surface area contributed by atoms with Crippen molar-refractivity contribution in [3.05, 3.63) is 218 Å². The van der Waals surface area contributed by atoms with E-state index in [1.165, 1.54) is 93.6 Å². The van der Waals surface area contributed by atoms with E-state index in [4.69, 9.17) is 0 Å². The third kappa shape index (κ3) is 36.0. The predicted octanol–water partition coefficient (Wildman–Crippen LogP) is 9.63. The summed E-state index contributed by atoms with van der Waals surface area (Å²) in [7, 11) is 0. The molecule has 10 heterocycles. The fraction of sp³-hybridized carbons (Fsp3) is 0.412. The van der Waals surface area contributed by atoms with Crippen molar-refractivity contribution >= 4 is 22.7 Å². The minimum Gasteiger partial charge on any atom is -0.385 e. The summed E-state index contributed by atoms with van der Waals surface area (Å²) in [6, 6.07) is 33.5. The van der Waals surface area contributed by atoms with Gasteiger partial charge in [0.1, 0.15) is 0 Å². The molecule has 8 aromatic rings. The van der Waals surface area contributed by atoms with E-state index >= 15 is 0 Å². The van der Waals surface area contributed by atoms with E-state index in [0.717, 1.165) is 120 Å². The van der Waals surface area contributed by atoms with Gasteiger partial charge >= 0.3 is 0 Å². The molecule has 2 aliphatic rings. The van der Waals surface area contributed by atoms with Gasteiger partial charge in [0.15, 0.2) is 0 Å². The maximum Gasteiger partial charge on any atom is 0.0459 e. The minimum absolute atomic E-state index is 0. The molecule has 0 amide bonds. The summed E-state index contributed by atoms with van der Waals surface area (Å²) in [5.41, 5.74) is 9.56. The molecule has 0 radical (unpaired) electrons. The predicted molar refractivity (Wildman–Crippen MR) is 362 cm³/mol. The van der Waals surface area contributed by atoms with Gasteiger partial charge in [-0.3, -0.25) is 39.9 Å². The first-order chi connectivity index (χ1) is 42.2.